The van der Waals surface area contributed by atoms with Gasteiger partial charge >= 0.3 is 0 Å². The number of benzene rings is 2. The summed E-state index contributed by atoms with van der Waals surface area (Å²) in [6.07, 6.45) is 9.04. The third kappa shape index (κ3) is 10.5. The predicted molar refractivity (Wildman–Crippen MR) is 180 cm³/mol. The van der Waals surface area contributed by atoms with Crippen molar-refractivity contribution in [3.05, 3.63) is 59.4 Å². The van der Waals surface area contributed by atoms with Gasteiger partial charge in [0.2, 0.25) is 20.0 Å². The summed E-state index contributed by atoms with van der Waals surface area (Å²) in [5.41, 5.74) is 7.83. The first-order valence-corrected chi connectivity index (χ1v) is 19.4. The smallest absolute Gasteiger partial charge is 0.245 e. The van der Waals surface area contributed by atoms with Crippen molar-refractivity contribution in [2.45, 2.75) is 72.1 Å². The molecule has 3 rings (SSSR count). The van der Waals surface area contributed by atoms with E-state index in [2.05, 4.69) is 24.7 Å². The molecule has 0 saturated heterocycles. The molecule has 13 heteroatoms. The summed E-state index contributed by atoms with van der Waals surface area (Å²) >= 11 is 0. The van der Waals surface area contributed by atoms with E-state index in [0.29, 0.717) is 50.3 Å². The zero-order valence-electron chi connectivity index (χ0n) is 27.1. The van der Waals surface area contributed by atoms with Crippen LogP contribution in [0.15, 0.2) is 46.9 Å². The maximum Gasteiger partial charge on any atom is 0.245 e. The van der Waals surface area contributed by atoms with Gasteiger partial charge in [-0.25, -0.2) is 27.7 Å². The van der Waals surface area contributed by atoms with Crippen molar-refractivity contribution in [3.8, 4) is 5.75 Å². The van der Waals surface area contributed by atoms with Crippen LogP contribution in [0.25, 0.3) is 11.0 Å². The molecule has 0 radical (unpaired) electrons. The zero-order valence-corrected chi connectivity index (χ0v) is 28.7. The predicted octanol–water partition coefficient (Wildman–Crippen LogP) is 5.41. The number of unbranched alkanes of at least 4 members (excludes halogenated alkanes) is 3. The van der Waals surface area contributed by atoms with Crippen molar-refractivity contribution in [1.82, 2.24) is 16.0 Å². The molecule has 0 aliphatic heterocycles. The van der Waals surface area contributed by atoms with Crippen molar-refractivity contribution in [3.63, 3.8) is 0 Å². The number of ether oxygens (including phenoxy) is 1. The second kappa shape index (κ2) is 17.1. The third-order valence-corrected chi connectivity index (χ3v) is 10.4. The highest BCUT2D eigenvalue weighted by atomic mass is 32.3. The van der Waals surface area contributed by atoms with E-state index in [-0.39, 0.29) is 11.5 Å². The average Bonchev–Trinajstić information content (AvgIpc) is 3.34. The first kappa shape index (κ1) is 36.5. The number of rotatable bonds is 21. The van der Waals surface area contributed by atoms with Gasteiger partial charge in [0, 0.05) is 37.0 Å². The molecule has 250 valence electrons. The molecule has 2 aromatic carbocycles. The molecule has 0 saturated carbocycles. The fourth-order valence-electron chi connectivity index (χ4n) is 4.90. The van der Waals surface area contributed by atoms with Crippen molar-refractivity contribution in [2.75, 3.05) is 42.5 Å². The highest BCUT2D eigenvalue weighted by molar-refractivity contribution is 8.09. The molecular formula is C32H48N4O7S2. The minimum Gasteiger partial charge on any atom is -0.494 e. The Balaban J connectivity index is 1.79. The van der Waals surface area contributed by atoms with E-state index in [0.717, 1.165) is 77.1 Å². The summed E-state index contributed by atoms with van der Waals surface area (Å²) in [7, 11) is -8.32. The molecule has 0 bridgehead atoms. The zero-order chi connectivity index (χ0) is 33.0. The van der Waals surface area contributed by atoms with E-state index < -0.39 is 20.0 Å². The lowest BCUT2D eigenvalue weighted by Crippen LogP contribution is -2.49. The number of aryl methyl sites for hydroxylation is 1. The van der Waals surface area contributed by atoms with Gasteiger partial charge in [0.05, 0.1) is 30.4 Å². The van der Waals surface area contributed by atoms with Crippen LogP contribution in [-0.2, 0) is 26.5 Å². The number of ketones is 1. The van der Waals surface area contributed by atoms with Gasteiger partial charge in [-0.15, -0.1) is 0 Å². The number of fused-ring (bicyclic) bond motifs is 1. The molecule has 0 aliphatic rings. The van der Waals surface area contributed by atoms with Crippen LogP contribution < -0.4 is 19.3 Å². The van der Waals surface area contributed by atoms with E-state index in [1.807, 2.05) is 12.0 Å². The van der Waals surface area contributed by atoms with Gasteiger partial charge in [-0.1, -0.05) is 40.0 Å². The molecule has 1 heterocycles. The minimum absolute atomic E-state index is 0.0900. The number of nitrogens with one attached hydrogen (secondary N) is 2. The number of furan rings is 1. The van der Waals surface area contributed by atoms with Gasteiger partial charge in [-0.05, 0) is 68.1 Å². The Morgan fingerprint density at radius 2 is 1.42 bits per heavy atom. The van der Waals surface area contributed by atoms with Gasteiger partial charge in [-0.2, -0.15) is 8.83 Å². The Morgan fingerprint density at radius 1 is 0.822 bits per heavy atom. The quantitative estimate of drug-likeness (QED) is 0.0863. The Hall–Kier alpha value is -2.97. The lowest BCUT2D eigenvalue weighted by atomic mass is 9.98. The number of carbonyl (C=O) groups is 1. The van der Waals surface area contributed by atoms with Crippen molar-refractivity contribution in [2.24, 2.45) is 0 Å². The fraction of sp³-hybridized carbons (Fsp3) is 0.531. The number of sulfonamides is 2. The normalized spacial score (nSPS) is 12.2. The lowest BCUT2D eigenvalue weighted by molar-refractivity contribution is 0.103. The van der Waals surface area contributed by atoms with Gasteiger partial charge in [-0.3, -0.25) is 4.79 Å². The summed E-state index contributed by atoms with van der Waals surface area (Å²) in [5, 5.41) is 2.39. The number of carbonyl (C=O) groups excluding carboxylic acids is 1. The Bertz CT molecular complexity index is 1560. The Kier molecular flexibility index (Phi) is 13.9. The second-order valence-corrected chi connectivity index (χ2v) is 15.0. The maximum absolute atomic E-state index is 13.9. The SMILES string of the molecule is CCCCNN(CCCOc1ccc(C(=O)c2c(CCCC)oc3ccc(N(S(C)(=O)=O)S(C)(=O)=O)cc23)cc1)NCCCC. The number of hydrazine groups is 2. The molecule has 0 unspecified atom stereocenters. The van der Waals surface area contributed by atoms with Crippen LogP contribution in [0.4, 0.5) is 5.69 Å². The molecule has 45 heavy (non-hydrogen) atoms. The molecule has 1 aromatic heterocycles. The molecule has 2 N–H and O–H groups in total. The molecule has 0 amide bonds. The van der Waals surface area contributed by atoms with E-state index >= 15 is 0 Å². The highest BCUT2D eigenvalue weighted by Crippen LogP contribution is 2.34. The number of hydrogen-bond donors (Lipinski definition) is 2. The maximum atomic E-state index is 13.9. The molecule has 11 nitrogen and oxygen atoms in total. The van der Waals surface area contributed by atoms with Crippen LogP contribution in [0.5, 0.6) is 5.75 Å². The molecular weight excluding hydrogens is 617 g/mol. The average molecular weight is 665 g/mol. The molecule has 0 atom stereocenters. The standard InChI is InChI=1S/C32H48N4O7S2/c1-6-9-13-30-31(28-24-26(16-19-29(28)43-30)36(44(4,38)39)45(5,40)41)32(37)25-14-17-27(18-15-25)42-23-12-22-35(33-20-10-7-2)34-21-11-8-3/h14-19,24,33-34H,6-13,20-23H2,1-5H3. The van der Waals surface area contributed by atoms with E-state index in [1.54, 1.807) is 24.3 Å². The van der Waals surface area contributed by atoms with Crippen molar-refractivity contribution < 1.29 is 30.8 Å². The van der Waals surface area contributed by atoms with E-state index in [9.17, 15) is 21.6 Å². The molecule has 0 spiro atoms. The highest BCUT2D eigenvalue weighted by Gasteiger charge is 2.29. The van der Waals surface area contributed by atoms with E-state index in [1.165, 1.54) is 18.2 Å². The van der Waals surface area contributed by atoms with Gasteiger partial charge in [0.1, 0.15) is 17.1 Å². The largest absolute Gasteiger partial charge is 0.494 e. The first-order chi connectivity index (χ1) is 21.4. The summed E-state index contributed by atoms with van der Waals surface area (Å²) < 4.78 is 62.0. The minimum atomic E-state index is -4.16. The van der Waals surface area contributed by atoms with Crippen LogP contribution >= 0.6 is 0 Å². The summed E-state index contributed by atoms with van der Waals surface area (Å²) in [5.74, 6) is 0.809. The van der Waals surface area contributed by atoms with Crippen LogP contribution in [0.1, 0.15) is 87.4 Å². The Labute approximate surface area is 268 Å². The number of nitrogens with zero attached hydrogens (tertiary/aromatic N) is 2. The van der Waals surface area contributed by atoms with Crippen LogP contribution in [0.2, 0.25) is 0 Å². The van der Waals surface area contributed by atoms with Crippen LogP contribution in [0, 0.1) is 0 Å². The van der Waals surface area contributed by atoms with E-state index in [4.69, 9.17) is 9.15 Å². The van der Waals surface area contributed by atoms with Crippen LogP contribution in [-0.4, -0.2) is 66.5 Å². The number of anilines is 1. The summed E-state index contributed by atoms with van der Waals surface area (Å²) in [4.78, 5) is 13.9. The van der Waals surface area contributed by atoms with Gasteiger partial charge in [0.15, 0.2) is 5.78 Å². The van der Waals surface area contributed by atoms with Crippen molar-refractivity contribution >= 4 is 42.5 Å². The van der Waals surface area contributed by atoms with Crippen molar-refractivity contribution in [1.29, 1.82) is 0 Å². The molecule has 0 fully saturated rings. The molecule has 3 aromatic rings. The fourth-order valence-corrected chi connectivity index (χ4v) is 7.86. The summed E-state index contributed by atoms with van der Waals surface area (Å²) in [6, 6.07) is 11.1. The molecule has 0 aliphatic carbocycles. The Morgan fingerprint density at radius 3 is 1.98 bits per heavy atom. The third-order valence-electron chi connectivity index (χ3n) is 7.12. The topological polar surface area (TPSA) is 138 Å². The monoisotopic (exact) mass is 664 g/mol. The van der Waals surface area contributed by atoms with Gasteiger partial charge in [0.25, 0.3) is 0 Å². The second-order valence-electron chi connectivity index (χ2n) is 11.1. The van der Waals surface area contributed by atoms with Crippen LogP contribution in [0.3, 0.4) is 0 Å². The summed E-state index contributed by atoms with van der Waals surface area (Å²) in [6.45, 7) is 9.45. The number of hydrogen-bond acceptors (Lipinski definition) is 10. The van der Waals surface area contributed by atoms with Gasteiger partial charge < -0.3 is 9.15 Å². The first-order valence-electron chi connectivity index (χ1n) is 15.7. The lowest BCUT2D eigenvalue weighted by Gasteiger charge is -2.24.